The number of hydrogen-bond acceptors (Lipinski definition) is 11. The maximum atomic E-state index is 13.5. The highest BCUT2D eigenvalue weighted by atomic mass is 32.2. The number of carbonyl (C=O) groups excluding carboxylic acids is 2. The zero-order valence-electron chi connectivity index (χ0n) is 28.8. The van der Waals surface area contributed by atoms with E-state index < -0.39 is 37.6 Å². The summed E-state index contributed by atoms with van der Waals surface area (Å²) in [6, 6.07) is 13.7. The van der Waals surface area contributed by atoms with E-state index in [2.05, 4.69) is 32.4 Å². The summed E-state index contributed by atoms with van der Waals surface area (Å²) >= 11 is 0. The Morgan fingerprint density at radius 2 is 1.62 bits per heavy atom. The summed E-state index contributed by atoms with van der Waals surface area (Å²) < 4.78 is 64.2. The van der Waals surface area contributed by atoms with Crippen LogP contribution >= 0.6 is 0 Å². The fourth-order valence-electron chi connectivity index (χ4n) is 4.70. The summed E-state index contributed by atoms with van der Waals surface area (Å²) in [5.41, 5.74) is 0.760. The van der Waals surface area contributed by atoms with E-state index >= 15 is 0 Å². The number of alkyl carbamates (subject to hydrolysis) is 1. The van der Waals surface area contributed by atoms with Gasteiger partial charge in [-0.2, -0.15) is 9.29 Å². The number of rotatable bonds is 10. The van der Waals surface area contributed by atoms with Gasteiger partial charge in [-0.1, -0.05) is 24.0 Å². The van der Waals surface area contributed by atoms with Gasteiger partial charge in [0.25, 0.3) is 5.91 Å². The predicted molar refractivity (Wildman–Crippen MR) is 189 cm³/mol. The summed E-state index contributed by atoms with van der Waals surface area (Å²) in [6.45, 7) is 8.31. The number of nitrogens with one attached hydrogen (secondary N) is 2. The minimum atomic E-state index is -3.84. The van der Waals surface area contributed by atoms with Crippen LogP contribution in [0.5, 0.6) is 5.88 Å². The predicted octanol–water partition coefficient (Wildman–Crippen LogP) is 2.85. The van der Waals surface area contributed by atoms with Crippen LogP contribution in [0, 0.1) is 18.8 Å². The third-order valence-electron chi connectivity index (χ3n) is 7.21. The number of piperazine rings is 1. The van der Waals surface area contributed by atoms with Crippen LogP contribution in [0.15, 0.2) is 59.5 Å². The monoisotopic (exact) mass is 727 g/mol. The van der Waals surface area contributed by atoms with Crippen molar-refractivity contribution in [2.75, 3.05) is 67.2 Å². The zero-order valence-corrected chi connectivity index (χ0v) is 30.4. The van der Waals surface area contributed by atoms with E-state index in [9.17, 15) is 26.4 Å². The standard InChI is InChI=1S/C33H41N7O8S2/c1-24-23-29(47-22-10-9-17-34-32(42)48-33(2,3)4)37-31(35-24)39-18-20-40(21-19-39)50(45,46)26-15-13-25(14-16-26)36-30(41)27-11-7-8-12-28(27)38(5)49(6,43)44/h7-8,11-16,23H,17-22H2,1-6H3,(H,34,42)(H,36,41). The van der Waals surface area contributed by atoms with Crippen molar-refractivity contribution in [2.24, 2.45) is 0 Å². The molecule has 50 heavy (non-hydrogen) atoms. The molecule has 1 aliphatic rings. The first-order chi connectivity index (χ1) is 23.4. The Hall–Kier alpha value is -4.92. The first-order valence-electron chi connectivity index (χ1n) is 15.5. The number of nitrogens with zero attached hydrogens (tertiary/aromatic N) is 5. The van der Waals surface area contributed by atoms with Crippen LogP contribution in [-0.2, 0) is 24.8 Å². The molecule has 1 aliphatic heterocycles. The Kier molecular flexibility index (Phi) is 11.9. The molecule has 1 saturated heterocycles. The summed E-state index contributed by atoms with van der Waals surface area (Å²) in [6.07, 6.45) is 0.484. The number of ether oxygens (including phenoxy) is 2. The van der Waals surface area contributed by atoms with Gasteiger partial charge in [-0.3, -0.25) is 9.10 Å². The van der Waals surface area contributed by atoms with E-state index in [4.69, 9.17) is 9.47 Å². The normalized spacial score (nSPS) is 13.8. The van der Waals surface area contributed by atoms with Gasteiger partial charge < -0.3 is 25.0 Å². The number of aryl methyl sites for hydroxylation is 1. The van der Waals surface area contributed by atoms with Gasteiger partial charge in [0.15, 0.2) is 6.61 Å². The second-order valence-corrected chi connectivity index (χ2v) is 16.2. The van der Waals surface area contributed by atoms with E-state index in [-0.39, 0.29) is 42.4 Å². The van der Waals surface area contributed by atoms with Crippen molar-refractivity contribution >= 4 is 49.4 Å². The smallest absolute Gasteiger partial charge is 0.408 e. The number of para-hydroxylation sites is 1. The highest BCUT2D eigenvalue weighted by molar-refractivity contribution is 7.92. The lowest BCUT2D eigenvalue weighted by Crippen LogP contribution is -2.49. The van der Waals surface area contributed by atoms with Crippen LogP contribution in [0.25, 0.3) is 0 Å². The maximum Gasteiger partial charge on any atom is 0.408 e. The molecule has 268 valence electrons. The van der Waals surface area contributed by atoms with Crippen molar-refractivity contribution in [3.8, 4) is 17.7 Å². The molecule has 15 nitrogen and oxygen atoms in total. The first-order valence-corrected chi connectivity index (χ1v) is 18.8. The van der Waals surface area contributed by atoms with Crippen LogP contribution < -0.4 is 24.6 Å². The van der Waals surface area contributed by atoms with Gasteiger partial charge in [0, 0.05) is 50.7 Å². The third-order valence-corrected chi connectivity index (χ3v) is 10.3. The molecule has 0 atom stereocenters. The van der Waals surface area contributed by atoms with Crippen molar-refractivity contribution in [1.82, 2.24) is 19.6 Å². The quantitative estimate of drug-likeness (QED) is 0.293. The molecule has 0 saturated carbocycles. The zero-order chi connectivity index (χ0) is 36.7. The van der Waals surface area contributed by atoms with Gasteiger partial charge >= 0.3 is 6.09 Å². The molecule has 2 amide bonds. The molecule has 0 radical (unpaired) electrons. The second-order valence-electron chi connectivity index (χ2n) is 12.3. The molecule has 0 aliphatic carbocycles. The lowest BCUT2D eigenvalue weighted by atomic mass is 10.1. The summed E-state index contributed by atoms with van der Waals surface area (Å²) in [5, 5.41) is 5.25. The van der Waals surface area contributed by atoms with E-state index in [1.807, 2.05) is 4.90 Å². The highest BCUT2D eigenvalue weighted by Gasteiger charge is 2.30. The maximum absolute atomic E-state index is 13.5. The molecule has 2 N–H and O–H groups in total. The Labute approximate surface area is 293 Å². The Balaban J connectivity index is 1.32. The minimum absolute atomic E-state index is 0.0359. The minimum Gasteiger partial charge on any atom is -0.464 e. The molecule has 2 aromatic carbocycles. The molecule has 4 rings (SSSR count). The SMILES string of the molecule is Cc1cc(OCC#CCNC(=O)OC(C)(C)C)nc(N2CCN(S(=O)(=O)c3ccc(NC(=O)c4ccccc4N(C)S(C)(=O)=O)cc3)CC2)n1. The van der Waals surface area contributed by atoms with E-state index in [0.717, 1.165) is 10.6 Å². The number of carbonyl (C=O) groups is 2. The molecule has 2 heterocycles. The average Bonchev–Trinajstić information content (AvgIpc) is 3.05. The number of hydrogen-bond donors (Lipinski definition) is 2. The lowest BCUT2D eigenvalue weighted by molar-refractivity contribution is 0.0534. The number of aromatic nitrogens is 2. The second kappa shape index (κ2) is 15.7. The molecule has 3 aromatic rings. The van der Waals surface area contributed by atoms with E-state index in [0.29, 0.717) is 36.3 Å². The van der Waals surface area contributed by atoms with Crippen molar-refractivity contribution in [3.05, 3.63) is 65.9 Å². The van der Waals surface area contributed by atoms with Gasteiger partial charge in [-0.15, -0.1) is 0 Å². The number of benzene rings is 2. The Morgan fingerprint density at radius 3 is 2.26 bits per heavy atom. The van der Waals surface area contributed by atoms with Crippen molar-refractivity contribution in [1.29, 1.82) is 0 Å². The van der Waals surface area contributed by atoms with Crippen molar-refractivity contribution in [3.63, 3.8) is 0 Å². The van der Waals surface area contributed by atoms with Crippen LogP contribution in [-0.4, -0.2) is 101 Å². The molecule has 17 heteroatoms. The Morgan fingerprint density at radius 1 is 0.960 bits per heavy atom. The van der Waals surface area contributed by atoms with Crippen LogP contribution in [0.2, 0.25) is 0 Å². The molecule has 1 aromatic heterocycles. The first kappa shape index (κ1) is 37.9. The van der Waals surface area contributed by atoms with E-state index in [1.54, 1.807) is 45.9 Å². The molecule has 0 spiro atoms. The molecular formula is C33H41N7O8S2. The third kappa shape index (κ3) is 10.3. The molecule has 0 unspecified atom stereocenters. The van der Waals surface area contributed by atoms with E-state index in [1.165, 1.54) is 47.8 Å². The Bertz CT molecular complexity index is 1980. The van der Waals surface area contributed by atoms with Gasteiger partial charge in [0.1, 0.15) is 5.60 Å². The van der Waals surface area contributed by atoms with Crippen LogP contribution in [0.4, 0.5) is 22.1 Å². The number of anilines is 3. The number of amides is 2. The topological polar surface area (TPSA) is 180 Å². The summed E-state index contributed by atoms with van der Waals surface area (Å²) in [7, 11) is -6.09. The fraction of sp³-hybridized carbons (Fsp3) is 0.394. The molecule has 0 bridgehead atoms. The number of sulfonamides is 2. The van der Waals surface area contributed by atoms with Crippen LogP contribution in [0.3, 0.4) is 0 Å². The molecule has 1 fully saturated rings. The van der Waals surface area contributed by atoms with Gasteiger partial charge in [0.2, 0.25) is 31.9 Å². The van der Waals surface area contributed by atoms with Gasteiger partial charge in [-0.25, -0.2) is 26.6 Å². The van der Waals surface area contributed by atoms with Crippen molar-refractivity contribution < 1.29 is 35.9 Å². The summed E-state index contributed by atoms with van der Waals surface area (Å²) in [5.74, 6) is 5.76. The summed E-state index contributed by atoms with van der Waals surface area (Å²) in [4.78, 5) is 35.6. The fourth-order valence-corrected chi connectivity index (χ4v) is 6.64. The largest absolute Gasteiger partial charge is 0.464 e. The highest BCUT2D eigenvalue weighted by Crippen LogP contribution is 2.25. The van der Waals surface area contributed by atoms with Crippen LogP contribution in [0.1, 0.15) is 36.8 Å². The average molecular weight is 728 g/mol. The van der Waals surface area contributed by atoms with Crippen molar-refractivity contribution in [2.45, 2.75) is 38.2 Å². The lowest BCUT2D eigenvalue weighted by Gasteiger charge is -2.34. The van der Waals surface area contributed by atoms with Gasteiger partial charge in [-0.05, 0) is 64.1 Å². The molecular weight excluding hydrogens is 687 g/mol. The van der Waals surface area contributed by atoms with Gasteiger partial charge in [0.05, 0.1) is 28.9 Å².